The Bertz CT molecular complexity index is 538. The Balaban J connectivity index is 1.96. The van der Waals surface area contributed by atoms with Crippen LogP contribution in [0.1, 0.15) is 18.9 Å². The zero-order valence-electron chi connectivity index (χ0n) is 11.1. The minimum Gasteiger partial charge on any atom is -0.338 e. The molecule has 0 aliphatic carbocycles. The lowest BCUT2D eigenvalue weighted by Crippen LogP contribution is -2.25. The third kappa shape index (κ3) is 3.96. The highest BCUT2D eigenvalue weighted by Gasteiger charge is 2.30. The third-order valence-electron chi connectivity index (χ3n) is 3.19. The van der Waals surface area contributed by atoms with Gasteiger partial charge < -0.3 is 4.90 Å². The van der Waals surface area contributed by atoms with Gasteiger partial charge in [0.25, 0.3) is 0 Å². The molecule has 0 bridgehead atoms. The molecule has 1 fully saturated rings. The van der Waals surface area contributed by atoms with Crippen molar-refractivity contribution in [3.63, 3.8) is 0 Å². The number of thioether (sulfide) groups is 1. The molecular weight excluding hydrogens is 301 g/mol. The number of hydrogen-bond acceptors (Lipinski definition) is 3. The van der Waals surface area contributed by atoms with E-state index in [2.05, 4.69) is 0 Å². The van der Waals surface area contributed by atoms with E-state index in [0.29, 0.717) is 30.3 Å². The first-order chi connectivity index (χ1) is 9.45. The average molecular weight is 316 g/mol. The number of benzene rings is 1. The van der Waals surface area contributed by atoms with Crippen molar-refractivity contribution in [3.8, 4) is 0 Å². The molecule has 108 valence electrons. The van der Waals surface area contributed by atoms with Crippen molar-refractivity contribution >= 4 is 34.4 Å². The fraction of sp³-hybridized carbons (Fsp3) is 0.429. The van der Waals surface area contributed by atoms with Crippen molar-refractivity contribution in [1.82, 2.24) is 4.90 Å². The van der Waals surface area contributed by atoms with Gasteiger partial charge in [0.05, 0.1) is 0 Å². The smallest absolute Gasteiger partial charge is 0.223 e. The van der Waals surface area contributed by atoms with Crippen LogP contribution < -0.4 is 0 Å². The minimum atomic E-state index is -0.387. The highest BCUT2D eigenvalue weighted by Crippen LogP contribution is 2.26. The Morgan fingerprint density at radius 2 is 2.30 bits per heavy atom. The lowest BCUT2D eigenvalue weighted by Gasteiger charge is -2.17. The normalized spacial score (nSPS) is 18.6. The predicted octanol–water partition coefficient (Wildman–Crippen LogP) is 3.11. The first kappa shape index (κ1) is 15.3. The van der Waals surface area contributed by atoms with E-state index in [9.17, 15) is 14.0 Å². The number of carbonyl (C=O) groups excluding carboxylic acids is 2. The van der Waals surface area contributed by atoms with Crippen LogP contribution in [0.2, 0.25) is 5.02 Å². The molecular formula is C14H15ClFNO2S. The van der Waals surface area contributed by atoms with Gasteiger partial charge in [-0.3, -0.25) is 9.59 Å². The molecule has 6 heteroatoms. The maximum atomic E-state index is 13.0. The lowest BCUT2D eigenvalue weighted by molar-refractivity contribution is -0.128. The van der Waals surface area contributed by atoms with Crippen LogP contribution in [0.25, 0.3) is 0 Å². The topological polar surface area (TPSA) is 37.4 Å². The summed E-state index contributed by atoms with van der Waals surface area (Å²) >= 11 is 7.22. The molecule has 1 aliphatic rings. The summed E-state index contributed by atoms with van der Waals surface area (Å²) < 4.78 is 13.0. The summed E-state index contributed by atoms with van der Waals surface area (Å²) in [4.78, 5) is 24.6. The number of likely N-dealkylation sites (tertiary alicyclic amines) is 1. The van der Waals surface area contributed by atoms with Crippen LogP contribution in [-0.2, 0) is 16.1 Å². The zero-order valence-corrected chi connectivity index (χ0v) is 12.6. The summed E-state index contributed by atoms with van der Waals surface area (Å²) in [6.07, 6.45) is 0.457. The number of nitrogens with zero attached hydrogens (tertiary/aromatic N) is 1. The molecule has 1 saturated heterocycles. The Hall–Kier alpha value is -1.07. The lowest BCUT2D eigenvalue weighted by atomic mass is 10.1. The second kappa shape index (κ2) is 6.59. The number of rotatable bonds is 4. The molecule has 20 heavy (non-hydrogen) atoms. The van der Waals surface area contributed by atoms with Crippen LogP contribution in [0.15, 0.2) is 18.2 Å². The number of carbonyl (C=O) groups is 2. The highest BCUT2D eigenvalue weighted by atomic mass is 35.5. The van der Waals surface area contributed by atoms with Gasteiger partial charge >= 0.3 is 0 Å². The summed E-state index contributed by atoms with van der Waals surface area (Å²) in [6.45, 7) is 2.53. The van der Waals surface area contributed by atoms with Gasteiger partial charge in [0, 0.05) is 37.2 Å². The molecule has 1 unspecified atom stereocenters. The number of amides is 1. The molecule has 0 aromatic heterocycles. The Kier molecular flexibility index (Phi) is 5.05. The monoisotopic (exact) mass is 315 g/mol. The van der Waals surface area contributed by atoms with Crippen molar-refractivity contribution in [2.45, 2.75) is 19.9 Å². The van der Waals surface area contributed by atoms with Gasteiger partial charge in [-0.1, -0.05) is 29.4 Å². The molecule has 0 N–H and O–H groups in total. The third-order valence-corrected chi connectivity index (χ3v) is 4.59. The zero-order chi connectivity index (χ0) is 14.7. The molecule has 1 heterocycles. The molecule has 1 atom stereocenters. The minimum absolute atomic E-state index is 0.0551. The van der Waals surface area contributed by atoms with E-state index in [1.807, 2.05) is 0 Å². The van der Waals surface area contributed by atoms with Gasteiger partial charge in [-0.2, -0.15) is 0 Å². The Morgan fingerprint density at radius 1 is 1.55 bits per heavy atom. The summed E-state index contributed by atoms with van der Waals surface area (Å²) in [5.41, 5.74) is 0.737. The molecule has 2 rings (SSSR count). The van der Waals surface area contributed by atoms with Gasteiger partial charge in [0.2, 0.25) is 5.91 Å². The van der Waals surface area contributed by atoms with E-state index in [0.717, 1.165) is 5.56 Å². The SMILES string of the molecule is CC(=O)SCC1CC(=O)N(Cc2ccc(F)cc2Cl)C1. The predicted molar refractivity (Wildman–Crippen MR) is 78.1 cm³/mol. The van der Waals surface area contributed by atoms with Gasteiger partial charge in [0.1, 0.15) is 5.82 Å². The Morgan fingerprint density at radius 3 is 2.95 bits per heavy atom. The first-order valence-electron chi connectivity index (χ1n) is 6.30. The molecule has 0 spiro atoms. The maximum Gasteiger partial charge on any atom is 0.223 e. The van der Waals surface area contributed by atoms with Gasteiger partial charge in [0.15, 0.2) is 5.12 Å². The standard InChI is InChI=1S/C14H15ClFNO2S/c1-9(18)20-8-10-4-14(19)17(6-10)7-11-2-3-12(16)5-13(11)15/h2-3,5,10H,4,6-8H2,1H3. The van der Waals surface area contributed by atoms with Crippen LogP contribution in [0, 0.1) is 11.7 Å². The molecule has 0 saturated carbocycles. The van der Waals surface area contributed by atoms with E-state index in [4.69, 9.17) is 11.6 Å². The van der Waals surface area contributed by atoms with Gasteiger partial charge in [-0.15, -0.1) is 0 Å². The molecule has 1 amide bonds. The Labute approximate surface area is 126 Å². The summed E-state index contributed by atoms with van der Waals surface area (Å²) in [5.74, 6) is 0.520. The van der Waals surface area contributed by atoms with Crippen LogP contribution >= 0.6 is 23.4 Å². The van der Waals surface area contributed by atoms with Crippen molar-refractivity contribution in [1.29, 1.82) is 0 Å². The molecule has 1 aromatic rings. The van der Waals surface area contributed by atoms with E-state index >= 15 is 0 Å². The second-order valence-corrected chi connectivity index (χ2v) is 6.49. The second-order valence-electron chi connectivity index (χ2n) is 4.88. The molecule has 1 aliphatic heterocycles. The summed E-state index contributed by atoms with van der Waals surface area (Å²) in [5, 5.41) is 0.400. The first-order valence-corrected chi connectivity index (χ1v) is 7.67. The van der Waals surface area contributed by atoms with Gasteiger partial charge in [-0.25, -0.2) is 4.39 Å². The molecule has 3 nitrogen and oxygen atoms in total. The summed E-state index contributed by atoms with van der Waals surface area (Å²) in [7, 11) is 0. The highest BCUT2D eigenvalue weighted by molar-refractivity contribution is 8.13. The molecule has 1 aromatic carbocycles. The van der Waals surface area contributed by atoms with Crippen LogP contribution in [0.5, 0.6) is 0 Å². The van der Waals surface area contributed by atoms with E-state index < -0.39 is 0 Å². The van der Waals surface area contributed by atoms with Crippen LogP contribution in [-0.4, -0.2) is 28.2 Å². The van der Waals surface area contributed by atoms with Crippen molar-refractivity contribution in [2.75, 3.05) is 12.3 Å². The van der Waals surface area contributed by atoms with Crippen LogP contribution in [0.3, 0.4) is 0 Å². The maximum absolute atomic E-state index is 13.0. The largest absolute Gasteiger partial charge is 0.338 e. The number of hydrogen-bond donors (Lipinski definition) is 0. The quantitative estimate of drug-likeness (QED) is 0.857. The van der Waals surface area contributed by atoms with E-state index in [1.54, 1.807) is 11.0 Å². The van der Waals surface area contributed by atoms with E-state index in [-0.39, 0.29) is 22.8 Å². The van der Waals surface area contributed by atoms with Crippen molar-refractivity contribution in [2.24, 2.45) is 5.92 Å². The average Bonchev–Trinajstić information content (AvgIpc) is 2.71. The fourth-order valence-electron chi connectivity index (χ4n) is 2.21. The van der Waals surface area contributed by atoms with Crippen molar-refractivity contribution < 1.29 is 14.0 Å². The summed E-state index contributed by atoms with van der Waals surface area (Å²) in [6, 6.07) is 4.19. The number of halogens is 2. The van der Waals surface area contributed by atoms with Crippen molar-refractivity contribution in [3.05, 3.63) is 34.6 Å². The van der Waals surface area contributed by atoms with E-state index in [1.165, 1.54) is 30.8 Å². The van der Waals surface area contributed by atoms with Gasteiger partial charge in [-0.05, 0) is 23.6 Å². The van der Waals surface area contributed by atoms with Crippen LogP contribution in [0.4, 0.5) is 4.39 Å². The fourth-order valence-corrected chi connectivity index (χ4v) is 3.13. The molecule has 0 radical (unpaired) electrons.